The predicted octanol–water partition coefficient (Wildman–Crippen LogP) is 0.937. The maximum Gasteiger partial charge on any atom is 0.239 e. The molecule has 2 rings (SSSR count). The third-order valence-corrected chi connectivity index (χ3v) is 2.27. The first kappa shape index (κ1) is 10.5. The summed E-state index contributed by atoms with van der Waals surface area (Å²) >= 11 is 0. The molecule has 0 bridgehead atoms. The summed E-state index contributed by atoms with van der Waals surface area (Å²) in [6.45, 7) is 3.54. The molecule has 16 heavy (non-hydrogen) atoms. The van der Waals surface area contributed by atoms with Crippen molar-refractivity contribution in [1.82, 2.24) is 25.3 Å². The zero-order valence-corrected chi connectivity index (χ0v) is 8.97. The fraction of sp³-hybridized carbons (Fsp3) is 0.444. The lowest BCUT2D eigenvalue weighted by atomic mass is 10.1. The van der Waals surface area contributed by atoms with Crippen LogP contribution in [0, 0.1) is 0 Å². The minimum Gasteiger partial charge on any atom is -0.338 e. The van der Waals surface area contributed by atoms with E-state index in [1.807, 2.05) is 0 Å². The van der Waals surface area contributed by atoms with Crippen molar-refractivity contribution in [2.45, 2.75) is 26.2 Å². The Labute approximate surface area is 91.3 Å². The maximum atomic E-state index is 11.4. The monoisotopic (exact) mass is 221 g/mol. The van der Waals surface area contributed by atoms with Crippen LogP contribution in [0.2, 0.25) is 0 Å². The lowest BCUT2D eigenvalue weighted by Crippen LogP contribution is -2.07. The van der Waals surface area contributed by atoms with Crippen LogP contribution < -0.4 is 0 Å². The zero-order chi connectivity index (χ0) is 11.5. The van der Waals surface area contributed by atoms with Gasteiger partial charge < -0.3 is 4.52 Å². The summed E-state index contributed by atoms with van der Waals surface area (Å²) in [6.07, 6.45) is 1.80. The molecule has 0 saturated carbocycles. The Morgan fingerprint density at radius 1 is 1.62 bits per heavy atom. The molecule has 84 valence electrons. The van der Waals surface area contributed by atoms with E-state index in [1.54, 1.807) is 13.8 Å². The molecule has 0 saturated heterocycles. The van der Waals surface area contributed by atoms with Crippen LogP contribution in [-0.4, -0.2) is 31.1 Å². The molecule has 0 amide bonds. The van der Waals surface area contributed by atoms with E-state index in [4.69, 9.17) is 4.52 Å². The fourth-order valence-electron chi connectivity index (χ4n) is 1.26. The predicted molar refractivity (Wildman–Crippen MR) is 53.4 cm³/mol. The quantitative estimate of drug-likeness (QED) is 0.824. The molecular formula is C9H11N5O2. The molecule has 0 fully saturated rings. The summed E-state index contributed by atoms with van der Waals surface area (Å²) in [6, 6.07) is 0. The standard InChI is InChI=1S/C9H11N5O2/c1-3-6(15)5(2)9-12-8(14-16-9)7-10-4-11-13-7/h4-5H,3H2,1-2H3,(H,10,11,13). The first-order chi connectivity index (χ1) is 7.72. The Bertz CT molecular complexity index is 476. The highest BCUT2D eigenvalue weighted by molar-refractivity contribution is 5.84. The van der Waals surface area contributed by atoms with Gasteiger partial charge >= 0.3 is 0 Å². The second-order valence-electron chi connectivity index (χ2n) is 3.33. The molecule has 0 radical (unpaired) electrons. The number of rotatable bonds is 4. The Morgan fingerprint density at radius 2 is 2.44 bits per heavy atom. The molecule has 2 heterocycles. The number of nitrogens with zero attached hydrogens (tertiary/aromatic N) is 4. The van der Waals surface area contributed by atoms with Gasteiger partial charge in [0, 0.05) is 6.42 Å². The summed E-state index contributed by atoms with van der Waals surface area (Å²) in [4.78, 5) is 19.4. The van der Waals surface area contributed by atoms with Crippen molar-refractivity contribution >= 4 is 5.78 Å². The number of aromatic amines is 1. The van der Waals surface area contributed by atoms with Gasteiger partial charge in [-0.25, -0.2) is 4.98 Å². The number of ketones is 1. The SMILES string of the molecule is CCC(=O)C(C)c1nc(-c2ncn[nH]2)no1. The molecule has 1 atom stereocenters. The van der Waals surface area contributed by atoms with Crippen LogP contribution in [0.3, 0.4) is 0 Å². The molecule has 0 spiro atoms. The van der Waals surface area contributed by atoms with Crippen LogP contribution in [0.5, 0.6) is 0 Å². The fourth-order valence-corrected chi connectivity index (χ4v) is 1.26. The van der Waals surface area contributed by atoms with Gasteiger partial charge in [0.25, 0.3) is 0 Å². The van der Waals surface area contributed by atoms with Crippen LogP contribution >= 0.6 is 0 Å². The van der Waals surface area contributed by atoms with Crippen molar-refractivity contribution in [2.24, 2.45) is 0 Å². The van der Waals surface area contributed by atoms with Crippen LogP contribution in [0.1, 0.15) is 32.1 Å². The molecule has 7 heteroatoms. The first-order valence-corrected chi connectivity index (χ1v) is 4.94. The van der Waals surface area contributed by atoms with Gasteiger partial charge in [-0.05, 0) is 6.92 Å². The lowest BCUT2D eigenvalue weighted by Gasteiger charge is -2.00. The number of aromatic nitrogens is 5. The minimum absolute atomic E-state index is 0.0627. The molecule has 1 unspecified atom stereocenters. The average molecular weight is 221 g/mol. The van der Waals surface area contributed by atoms with E-state index in [1.165, 1.54) is 6.33 Å². The third-order valence-electron chi connectivity index (χ3n) is 2.27. The van der Waals surface area contributed by atoms with Gasteiger partial charge in [0.05, 0.1) is 5.92 Å². The highest BCUT2D eigenvalue weighted by atomic mass is 16.5. The molecule has 0 aliphatic rings. The van der Waals surface area contributed by atoms with Gasteiger partial charge in [-0.3, -0.25) is 9.89 Å². The van der Waals surface area contributed by atoms with Crippen LogP contribution in [0.15, 0.2) is 10.9 Å². The van der Waals surface area contributed by atoms with Crippen molar-refractivity contribution in [1.29, 1.82) is 0 Å². The van der Waals surface area contributed by atoms with Crippen molar-refractivity contribution in [2.75, 3.05) is 0 Å². The van der Waals surface area contributed by atoms with Crippen LogP contribution in [0.4, 0.5) is 0 Å². The van der Waals surface area contributed by atoms with Crippen molar-refractivity contribution in [3.63, 3.8) is 0 Å². The number of hydrogen-bond acceptors (Lipinski definition) is 6. The number of hydrogen-bond donors (Lipinski definition) is 1. The lowest BCUT2D eigenvalue weighted by molar-refractivity contribution is -0.120. The topological polar surface area (TPSA) is 97.6 Å². The molecule has 2 aromatic heterocycles. The number of carbonyl (C=O) groups is 1. The Balaban J connectivity index is 2.23. The van der Waals surface area contributed by atoms with Gasteiger partial charge in [-0.15, -0.1) is 0 Å². The molecule has 0 aromatic carbocycles. The second-order valence-corrected chi connectivity index (χ2v) is 3.33. The van der Waals surface area contributed by atoms with E-state index in [9.17, 15) is 4.79 Å². The smallest absolute Gasteiger partial charge is 0.239 e. The zero-order valence-electron chi connectivity index (χ0n) is 8.97. The molecular weight excluding hydrogens is 210 g/mol. The molecule has 0 aliphatic carbocycles. The summed E-state index contributed by atoms with van der Waals surface area (Å²) in [5, 5.41) is 10.0. The number of carbonyl (C=O) groups excluding carboxylic acids is 1. The highest BCUT2D eigenvalue weighted by Crippen LogP contribution is 2.18. The van der Waals surface area contributed by atoms with Gasteiger partial charge in [-0.2, -0.15) is 10.1 Å². The van der Waals surface area contributed by atoms with Crippen molar-refractivity contribution < 1.29 is 9.32 Å². The van der Waals surface area contributed by atoms with Crippen LogP contribution in [0.25, 0.3) is 11.6 Å². The van der Waals surface area contributed by atoms with Gasteiger partial charge in [-0.1, -0.05) is 12.1 Å². The normalized spacial score (nSPS) is 12.6. The molecule has 2 aromatic rings. The van der Waals surface area contributed by atoms with Crippen molar-refractivity contribution in [3.8, 4) is 11.6 Å². The molecule has 7 nitrogen and oxygen atoms in total. The number of H-pyrrole nitrogens is 1. The van der Waals surface area contributed by atoms with Crippen LogP contribution in [-0.2, 0) is 4.79 Å². The number of nitrogens with one attached hydrogen (secondary N) is 1. The summed E-state index contributed by atoms with van der Waals surface area (Å²) < 4.78 is 5.00. The van der Waals surface area contributed by atoms with Gasteiger partial charge in [0.15, 0.2) is 5.82 Å². The largest absolute Gasteiger partial charge is 0.338 e. The second kappa shape index (κ2) is 4.21. The van der Waals surface area contributed by atoms with E-state index < -0.39 is 0 Å². The Hall–Kier alpha value is -2.05. The van der Waals surface area contributed by atoms with Gasteiger partial charge in [0.1, 0.15) is 12.1 Å². The van der Waals surface area contributed by atoms with Crippen molar-refractivity contribution in [3.05, 3.63) is 12.2 Å². The maximum absolute atomic E-state index is 11.4. The third kappa shape index (κ3) is 1.83. The van der Waals surface area contributed by atoms with Gasteiger partial charge in [0.2, 0.25) is 11.7 Å². The average Bonchev–Trinajstić information content (AvgIpc) is 2.96. The molecule has 0 aliphatic heterocycles. The van der Waals surface area contributed by atoms with E-state index in [-0.39, 0.29) is 11.7 Å². The van der Waals surface area contributed by atoms with E-state index >= 15 is 0 Å². The summed E-state index contributed by atoms with van der Waals surface area (Å²) in [7, 11) is 0. The minimum atomic E-state index is -0.380. The van der Waals surface area contributed by atoms with E-state index in [2.05, 4.69) is 25.3 Å². The highest BCUT2D eigenvalue weighted by Gasteiger charge is 2.21. The number of Topliss-reactive ketones (excluding diaryl/α,β-unsaturated/α-hetero) is 1. The Kier molecular flexibility index (Phi) is 2.76. The summed E-state index contributed by atoms with van der Waals surface area (Å²) in [5.41, 5.74) is 0. The summed E-state index contributed by atoms with van der Waals surface area (Å²) in [5.74, 6) is 0.717. The molecule has 1 N–H and O–H groups in total. The van der Waals surface area contributed by atoms with E-state index in [0.717, 1.165) is 0 Å². The Morgan fingerprint density at radius 3 is 3.06 bits per heavy atom. The van der Waals surface area contributed by atoms with E-state index in [0.29, 0.717) is 24.0 Å². The first-order valence-electron chi connectivity index (χ1n) is 4.94.